The zero-order valence-electron chi connectivity index (χ0n) is 17.7. The summed E-state index contributed by atoms with van der Waals surface area (Å²) in [5.41, 5.74) is 4.46. The van der Waals surface area contributed by atoms with Crippen LogP contribution in [0, 0.1) is 0 Å². The lowest BCUT2D eigenvalue weighted by atomic mass is 9.99. The van der Waals surface area contributed by atoms with E-state index in [-0.39, 0.29) is 5.78 Å². The van der Waals surface area contributed by atoms with Crippen molar-refractivity contribution < 1.29 is 14.3 Å². The van der Waals surface area contributed by atoms with E-state index in [0.29, 0.717) is 28.5 Å². The van der Waals surface area contributed by atoms with Gasteiger partial charge in [0.05, 0.1) is 30.8 Å². The van der Waals surface area contributed by atoms with Crippen LogP contribution in [-0.2, 0) is 0 Å². The number of Topliss-reactive ketones (excluding diaryl/α,β-unsaturated/α-hetero) is 1. The van der Waals surface area contributed by atoms with Gasteiger partial charge in [-0.15, -0.1) is 0 Å². The summed E-state index contributed by atoms with van der Waals surface area (Å²) in [6, 6.07) is 20.8. The lowest BCUT2D eigenvalue weighted by Crippen LogP contribution is -2.05. The van der Waals surface area contributed by atoms with Gasteiger partial charge in [-0.05, 0) is 36.4 Å². The van der Waals surface area contributed by atoms with Crippen molar-refractivity contribution in [3.63, 3.8) is 0 Å². The number of allylic oxidation sites excluding steroid dienone is 1. The van der Waals surface area contributed by atoms with Crippen LogP contribution in [0.5, 0.6) is 11.5 Å². The molecule has 158 valence electrons. The van der Waals surface area contributed by atoms with E-state index in [1.807, 2.05) is 60.8 Å². The second kappa shape index (κ2) is 8.07. The van der Waals surface area contributed by atoms with Gasteiger partial charge in [0, 0.05) is 34.3 Å². The number of imidazole rings is 1. The number of carbonyl (C=O) groups is 1. The van der Waals surface area contributed by atoms with E-state index >= 15 is 0 Å². The maximum atomic E-state index is 13.8. The molecule has 0 saturated carbocycles. The minimum absolute atomic E-state index is 0.188. The zero-order chi connectivity index (χ0) is 22.1. The van der Waals surface area contributed by atoms with Crippen LogP contribution in [0.3, 0.4) is 0 Å². The number of hydrogen-bond acceptors (Lipinski definition) is 4. The molecule has 0 aliphatic carbocycles. The predicted molar refractivity (Wildman–Crippen MR) is 126 cm³/mol. The third-order valence-corrected chi connectivity index (χ3v) is 5.42. The van der Waals surface area contributed by atoms with E-state index in [1.54, 1.807) is 32.4 Å². The Morgan fingerprint density at radius 1 is 0.906 bits per heavy atom. The van der Waals surface area contributed by atoms with Gasteiger partial charge in [-0.1, -0.05) is 30.3 Å². The van der Waals surface area contributed by atoms with E-state index in [9.17, 15) is 4.79 Å². The number of benzene rings is 3. The molecule has 5 aromatic rings. The number of para-hydroxylation sites is 3. The number of hydrogen-bond donors (Lipinski definition) is 2. The van der Waals surface area contributed by atoms with Crippen LogP contribution in [0.4, 0.5) is 0 Å². The lowest BCUT2D eigenvalue weighted by molar-refractivity contribution is 0.105. The molecule has 2 heterocycles. The predicted octanol–water partition coefficient (Wildman–Crippen LogP) is 5.48. The van der Waals surface area contributed by atoms with Crippen molar-refractivity contribution >= 4 is 39.4 Å². The van der Waals surface area contributed by atoms with E-state index in [2.05, 4.69) is 15.0 Å². The van der Waals surface area contributed by atoms with Gasteiger partial charge in [0.25, 0.3) is 0 Å². The molecule has 2 aromatic heterocycles. The Labute approximate surface area is 184 Å². The summed E-state index contributed by atoms with van der Waals surface area (Å²) < 4.78 is 10.7. The number of H-pyrrole nitrogens is 2. The average Bonchev–Trinajstić information content (AvgIpc) is 3.45. The number of ketones is 1. The normalized spacial score (nSPS) is 11.8. The van der Waals surface area contributed by atoms with Crippen LogP contribution < -0.4 is 9.47 Å². The summed E-state index contributed by atoms with van der Waals surface area (Å²) in [5, 5.41) is 1.03. The Balaban J connectivity index is 1.70. The number of ether oxygens (including phenoxy) is 2. The third-order valence-electron chi connectivity index (χ3n) is 5.42. The molecule has 32 heavy (non-hydrogen) atoms. The highest BCUT2D eigenvalue weighted by Crippen LogP contribution is 2.30. The summed E-state index contributed by atoms with van der Waals surface area (Å²) >= 11 is 0. The van der Waals surface area contributed by atoms with Gasteiger partial charge in [-0.2, -0.15) is 0 Å². The molecule has 0 aliphatic rings. The van der Waals surface area contributed by atoms with Crippen molar-refractivity contribution in [3.05, 3.63) is 89.9 Å². The largest absolute Gasteiger partial charge is 0.497 e. The standard InChI is InChI=1S/C26H21N3O3/c1-31-18-11-16(12-19(14-18)32-2)25(30)21(26-28-23-9-5-6-10-24(23)29-26)13-17-15-27-22-8-4-3-7-20(17)22/h3-15,27H,1-2H3,(H,28,29)/b21-13+. The highest BCUT2D eigenvalue weighted by Gasteiger charge is 2.20. The lowest BCUT2D eigenvalue weighted by Gasteiger charge is -2.09. The summed E-state index contributed by atoms with van der Waals surface area (Å²) in [4.78, 5) is 25.0. The molecule has 6 heteroatoms. The molecule has 3 aromatic carbocycles. The van der Waals surface area contributed by atoms with Crippen LogP contribution in [0.2, 0.25) is 0 Å². The van der Waals surface area contributed by atoms with Crippen LogP contribution in [0.1, 0.15) is 21.7 Å². The molecule has 5 rings (SSSR count). The molecule has 0 amide bonds. The first-order valence-corrected chi connectivity index (χ1v) is 10.2. The van der Waals surface area contributed by atoms with Crippen molar-refractivity contribution in [2.75, 3.05) is 14.2 Å². The number of fused-ring (bicyclic) bond motifs is 2. The highest BCUT2D eigenvalue weighted by molar-refractivity contribution is 6.32. The van der Waals surface area contributed by atoms with Gasteiger partial charge >= 0.3 is 0 Å². The Morgan fingerprint density at radius 3 is 2.31 bits per heavy atom. The average molecular weight is 423 g/mol. The van der Waals surface area contributed by atoms with Crippen molar-refractivity contribution in [1.29, 1.82) is 0 Å². The second-order valence-electron chi connectivity index (χ2n) is 7.38. The molecule has 0 unspecified atom stereocenters. The number of nitrogens with zero attached hydrogens (tertiary/aromatic N) is 1. The van der Waals surface area contributed by atoms with Crippen LogP contribution in [0.25, 0.3) is 33.6 Å². The number of nitrogens with one attached hydrogen (secondary N) is 2. The summed E-state index contributed by atoms with van der Waals surface area (Å²) in [5.74, 6) is 1.40. The molecule has 2 N–H and O–H groups in total. The molecule has 0 spiro atoms. The van der Waals surface area contributed by atoms with E-state index in [4.69, 9.17) is 9.47 Å². The van der Waals surface area contributed by atoms with Gasteiger partial charge in [-0.25, -0.2) is 4.98 Å². The number of aromatic amines is 2. The quantitative estimate of drug-likeness (QED) is 0.280. The van der Waals surface area contributed by atoms with Gasteiger partial charge in [0.2, 0.25) is 0 Å². The fourth-order valence-corrected chi connectivity index (χ4v) is 3.78. The van der Waals surface area contributed by atoms with E-state index in [0.717, 1.165) is 27.5 Å². The van der Waals surface area contributed by atoms with Crippen molar-refractivity contribution in [1.82, 2.24) is 15.0 Å². The molecule has 0 fully saturated rings. The van der Waals surface area contributed by atoms with Gasteiger partial charge in [0.1, 0.15) is 17.3 Å². The van der Waals surface area contributed by atoms with E-state index < -0.39 is 0 Å². The summed E-state index contributed by atoms with van der Waals surface area (Å²) in [6.07, 6.45) is 3.76. The van der Waals surface area contributed by atoms with Crippen molar-refractivity contribution in [2.24, 2.45) is 0 Å². The molecule has 0 saturated heterocycles. The van der Waals surface area contributed by atoms with Crippen LogP contribution >= 0.6 is 0 Å². The molecule has 0 radical (unpaired) electrons. The van der Waals surface area contributed by atoms with Gasteiger partial charge in [0.15, 0.2) is 5.78 Å². The molecule has 6 nitrogen and oxygen atoms in total. The summed E-state index contributed by atoms with van der Waals surface area (Å²) in [7, 11) is 3.12. The monoisotopic (exact) mass is 423 g/mol. The SMILES string of the molecule is COc1cc(OC)cc(C(=O)/C(=C\c2c[nH]c3ccccc23)c2nc3ccccc3[nH]2)c1. The van der Waals surface area contributed by atoms with Crippen molar-refractivity contribution in [3.8, 4) is 11.5 Å². The van der Waals surface area contributed by atoms with Crippen LogP contribution in [-0.4, -0.2) is 35.0 Å². The molecule has 0 aliphatic heterocycles. The first-order valence-electron chi connectivity index (χ1n) is 10.2. The van der Waals surface area contributed by atoms with Crippen molar-refractivity contribution in [2.45, 2.75) is 0 Å². The fourth-order valence-electron chi connectivity index (χ4n) is 3.78. The Morgan fingerprint density at radius 2 is 1.59 bits per heavy atom. The number of carbonyl (C=O) groups excluding carboxylic acids is 1. The first kappa shape index (κ1) is 19.6. The number of aromatic nitrogens is 3. The Bertz CT molecular complexity index is 1420. The third kappa shape index (κ3) is 3.52. The zero-order valence-corrected chi connectivity index (χ0v) is 17.7. The number of methoxy groups -OCH3 is 2. The van der Waals surface area contributed by atoms with Gasteiger partial charge in [-0.3, -0.25) is 4.79 Å². The first-order chi connectivity index (χ1) is 15.7. The molecule has 0 atom stereocenters. The maximum Gasteiger partial charge on any atom is 0.197 e. The minimum atomic E-state index is -0.188. The van der Waals surface area contributed by atoms with Crippen LogP contribution in [0.15, 0.2) is 72.9 Å². The second-order valence-corrected chi connectivity index (χ2v) is 7.38. The smallest absolute Gasteiger partial charge is 0.197 e. The molecular formula is C26H21N3O3. The maximum absolute atomic E-state index is 13.8. The van der Waals surface area contributed by atoms with E-state index in [1.165, 1.54) is 0 Å². The molecule has 0 bridgehead atoms. The minimum Gasteiger partial charge on any atom is -0.497 e. The summed E-state index contributed by atoms with van der Waals surface area (Å²) in [6.45, 7) is 0. The van der Waals surface area contributed by atoms with Gasteiger partial charge < -0.3 is 19.4 Å². The fraction of sp³-hybridized carbons (Fsp3) is 0.0769. The Hall–Kier alpha value is -4.32. The Kier molecular flexibility index (Phi) is 4.95. The highest BCUT2D eigenvalue weighted by atomic mass is 16.5. The molecular weight excluding hydrogens is 402 g/mol. The number of rotatable bonds is 6. The topological polar surface area (TPSA) is 80.0 Å².